The molecular weight excluding hydrogens is 308 g/mol. The van der Waals surface area contributed by atoms with E-state index in [-0.39, 0.29) is 39.0 Å². The molecule has 0 saturated carbocycles. The highest BCUT2D eigenvalue weighted by atomic mass is 32.2. The minimum absolute atomic E-state index is 0.0322. The number of hydrogen-bond acceptors (Lipinski definition) is 7. The SMILES string of the molecule is CSc1nc(-c2cc([N+](=O)[O-])c(C)cc2O)c(C#N)c(=O)[nH]1. The fraction of sp³-hybridized carbons (Fsp3) is 0.154. The average molecular weight is 318 g/mol. The van der Waals surface area contributed by atoms with Gasteiger partial charge in [-0.3, -0.25) is 14.9 Å². The van der Waals surface area contributed by atoms with Crippen LogP contribution in [0.2, 0.25) is 0 Å². The average Bonchev–Trinajstić information content (AvgIpc) is 2.46. The van der Waals surface area contributed by atoms with Crippen molar-refractivity contribution < 1.29 is 10.0 Å². The van der Waals surface area contributed by atoms with Crippen LogP contribution in [0.1, 0.15) is 11.1 Å². The van der Waals surface area contributed by atoms with Crippen molar-refractivity contribution in [3.8, 4) is 23.1 Å². The predicted octanol–water partition coefficient (Wildman–Crippen LogP) is 1.95. The molecule has 0 aliphatic rings. The van der Waals surface area contributed by atoms with Crippen LogP contribution < -0.4 is 5.56 Å². The lowest BCUT2D eigenvalue weighted by Gasteiger charge is -2.08. The molecule has 0 radical (unpaired) electrons. The van der Waals surface area contributed by atoms with Crippen molar-refractivity contribution in [1.29, 1.82) is 5.26 Å². The summed E-state index contributed by atoms with van der Waals surface area (Å²) in [4.78, 5) is 28.8. The van der Waals surface area contributed by atoms with Crippen LogP contribution >= 0.6 is 11.8 Å². The monoisotopic (exact) mass is 318 g/mol. The lowest BCUT2D eigenvalue weighted by atomic mass is 10.0. The first-order valence-corrected chi connectivity index (χ1v) is 7.18. The topological polar surface area (TPSA) is 133 Å². The van der Waals surface area contributed by atoms with Crippen LogP contribution in [0.3, 0.4) is 0 Å². The first-order valence-electron chi connectivity index (χ1n) is 5.95. The van der Waals surface area contributed by atoms with Crippen molar-refractivity contribution in [3.05, 3.63) is 43.7 Å². The first kappa shape index (κ1) is 15.5. The molecule has 0 saturated heterocycles. The first-order chi connectivity index (χ1) is 10.4. The fourth-order valence-electron chi connectivity index (χ4n) is 1.92. The normalized spacial score (nSPS) is 10.2. The summed E-state index contributed by atoms with van der Waals surface area (Å²) < 4.78 is 0. The summed E-state index contributed by atoms with van der Waals surface area (Å²) >= 11 is 1.14. The van der Waals surface area contributed by atoms with Gasteiger partial charge in [-0.15, -0.1) is 0 Å². The molecule has 1 heterocycles. The molecule has 9 heteroatoms. The van der Waals surface area contributed by atoms with Gasteiger partial charge in [0, 0.05) is 11.6 Å². The molecule has 1 aromatic carbocycles. The minimum atomic E-state index is -0.667. The molecule has 0 aliphatic carbocycles. The second-order valence-corrected chi connectivity index (χ2v) is 5.12. The number of nitriles is 1. The van der Waals surface area contributed by atoms with Gasteiger partial charge < -0.3 is 10.1 Å². The molecule has 0 atom stereocenters. The summed E-state index contributed by atoms with van der Waals surface area (Å²) in [6.07, 6.45) is 1.67. The number of nitro groups is 1. The third kappa shape index (κ3) is 2.64. The summed E-state index contributed by atoms with van der Waals surface area (Å²) in [5.74, 6) is -0.287. The van der Waals surface area contributed by atoms with E-state index in [0.717, 1.165) is 17.8 Å². The Kier molecular flexibility index (Phi) is 4.14. The van der Waals surface area contributed by atoms with Gasteiger partial charge in [0.15, 0.2) is 5.16 Å². The van der Waals surface area contributed by atoms with Gasteiger partial charge in [0.2, 0.25) is 0 Å². The zero-order chi connectivity index (χ0) is 16.4. The summed E-state index contributed by atoms with van der Waals surface area (Å²) in [5.41, 5.74) is -1.07. The van der Waals surface area contributed by atoms with E-state index < -0.39 is 10.5 Å². The van der Waals surface area contributed by atoms with Crippen molar-refractivity contribution in [2.24, 2.45) is 0 Å². The lowest BCUT2D eigenvalue weighted by Crippen LogP contribution is -2.14. The van der Waals surface area contributed by atoms with Crippen LogP contribution in [0.25, 0.3) is 11.3 Å². The number of nitrogens with one attached hydrogen (secondary N) is 1. The maximum Gasteiger partial charge on any atom is 0.273 e. The Morgan fingerprint density at radius 3 is 2.73 bits per heavy atom. The number of thioether (sulfide) groups is 1. The smallest absolute Gasteiger partial charge is 0.273 e. The summed E-state index contributed by atoms with van der Waals surface area (Å²) in [5, 5.41) is 30.4. The van der Waals surface area contributed by atoms with Crippen LogP contribution in [0.4, 0.5) is 5.69 Å². The Bertz CT molecular complexity index is 870. The maximum absolute atomic E-state index is 11.9. The number of phenols is 1. The summed E-state index contributed by atoms with van der Waals surface area (Å²) in [6, 6.07) is 4.02. The largest absolute Gasteiger partial charge is 0.507 e. The van der Waals surface area contributed by atoms with E-state index in [1.807, 2.05) is 0 Å². The Hall–Kier alpha value is -2.86. The molecule has 2 N–H and O–H groups in total. The van der Waals surface area contributed by atoms with E-state index in [9.17, 15) is 20.0 Å². The number of aryl methyl sites for hydroxylation is 1. The number of aromatic nitrogens is 2. The molecule has 0 aliphatic heterocycles. The van der Waals surface area contributed by atoms with Gasteiger partial charge in [-0.25, -0.2) is 4.98 Å². The number of phenolic OH excluding ortho intramolecular Hbond substituents is 1. The molecule has 8 nitrogen and oxygen atoms in total. The summed E-state index contributed by atoms with van der Waals surface area (Å²) in [7, 11) is 0. The number of nitro benzene ring substituents is 1. The third-order valence-electron chi connectivity index (χ3n) is 2.97. The number of H-pyrrole nitrogens is 1. The van der Waals surface area contributed by atoms with Crippen LogP contribution in [0.5, 0.6) is 5.75 Å². The Morgan fingerprint density at radius 1 is 1.50 bits per heavy atom. The number of rotatable bonds is 3. The molecule has 2 rings (SSSR count). The maximum atomic E-state index is 11.9. The number of aromatic amines is 1. The zero-order valence-corrected chi connectivity index (χ0v) is 12.4. The molecule has 112 valence electrons. The van der Waals surface area contributed by atoms with Crippen molar-refractivity contribution in [2.75, 3.05) is 6.26 Å². The van der Waals surface area contributed by atoms with Gasteiger partial charge in [0.25, 0.3) is 11.2 Å². The van der Waals surface area contributed by atoms with Gasteiger partial charge in [0.1, 0.15) is 23.1 Å². The molecule has 1 aromatic heterocycles. The van der Waals surface area contributed by atoms with E-state index in [1.54, 1.807) is 12.3 Å². The van der Waals surface area contributed by atoms with E-state index in [2.05, 4.69) is 9.97 Å². The van der Waals surface area contributed by atoms with Crippen LogP contribution in [-0.2, 0) is 0 Å². The van der Waals surface area contributed by atoms with Crippen molar-refractivity contribution >= 4 is 17.4 Å². The van der Waals surface area contributed by atoms with Crippen molar-refractivity contribution in [2.45, 2.75) is 12.1 Å². The number of hydrogen-bond donors (Lipinski definition) is 2. The van der Waals surface area contributed by atoms with Gasteiger partial charge in [-0.05, 0) is 19.2 Å². The standard InChI is InChI=1S/C13H10N4O4S/c1-6-3-10(18)7(4-9(6)17(20)21)11-8(5-14)12(19)16-13(15-11)22-2/h3-4,18H,1-2H3,(H,15,16,19). The third-order valence-corrected chi connectivity index (χ3v) is 3.55. The van der Waals surface area contributed by atoms with Crippen LogP contribution in [-0.4, -0.2) is 26.3 Å². The van der Waals surface area contributed by atoms with E-state index in [1.165, 1.54) is 13.0 Å². The second kappa shape index (κ2) is 5.87. The molecule has 22 heavy (non-hydrogen) atoms. The predicted molar refractivity (Wildman–Crippen MR) is 79.8 cm³/mol. The highest BCUT2D eigenvalue weighted by Crippen LogP contribution is 2.35. The minimum Gasteiger partial charge on any atom is -0.507 e. The highest BCUT2D eigenvalue weighted by molar-refractivity contribution is 7.98. The Balaban J connectivity index is 2.85. The molecule has 0 unspecified atom stereocenters. The van der Waals surface area contributed by atoms with Gasteiger partial charge in [-0.1, -0.05) is 11.8 Å². The van der Waals surface area contributed by atoms with Crippen LogP contribution in [0, 0.1) is 28.4 Å². The number of nitrogens with zero attached hydrogens (tertiary/aromatic N) is 3. The van der Waals surface area contributed by atoms with E-state index in [4.69, 9.17) is 5.26 Å². The van der Waals surface area contributed by atoms with Crippen molar-refractivity contribution in [3.63, 3.8) is 0 Å². The molecule has 0 spiro atoms. The number of aromatic hydroxyl groups is 1. The van der Waals surface area contributed by atoms with E-state index in [0.29, 0.717) is 0 Å². The van der Waals surface area contributed by atoms with Gasteiger partial charge in [0.05, 0.1) is 10.5 Å². The Labute approximate surface area is 128 Å². The van der Waals surface area contributed by atoms with Crippen LogP contribution in [0.15, 0.2) is 22.1 Å². The fourth-order valence-corrected chi connectivity index (χ4v) is 2.29. The molecule has 0 fully saturated rings. The van der Waals surface area contributed by atoms with Gasteiger partial charge >= 0.3 is 0 Å². The Morgan fingerprint density at radius 2 is 2.18 bits per heavy atom. The zero-order valence-electron chi connectivity index (χ0n) is 11.6. The molecular formula is C13H10N4O4S. The summed E-state index contributed by atoms with van der Waals surface area (Å²) in [6.45, 7) is 1.48. The molecule has 0 amide bonds. The quantitative estimate of drug-likeness (QED) is 0.382. The van der Waals surface area contributed by atoms with Crippen molar-refractivity contribution in [1.82, 2.24) is 9.97 Å². The molecule has 2 aromatic rings. The highest BCUT2D eigenvalue weighted by Gasteiger charge is 2.21. The second-order valence-electron chi connectivity index (χ2n) is 4.32. The lowest BCUT2D eigenvalue weighted by molar-refractivity contribution is -0.385. The van der Waals surface area contributed by atoms with E-state index >= 15 is 0 Å². The number of benzene rings is 1. The molecule has 0 bridgehead atoms. The van der Waals surface area contributed by atoms with Gasteiger partial charge in [-0.2, -0.15) is 5.26 Å².